The van der Waals surface area contributed by atoms with Crippen LogP contribution in [0.1, 0.15) is 22.3 Å². The lowest BCUT2D eigenvalue weighted by Gasteiger charge is -2.30. The molecule has 2 heterocycles. The smallest absolute Gasteiger partial charge is 0.164 e. The summed E-state index contributed by atoms with van der Waals surface area (Å²) in [6, 6.07) is 78.4. The van der Waals surface area contributed by atoms with Crippen molar-refractivity contribution in [3.8, 4) is 73.2 Å². The summed E-state index contributed by atoms with van der Waals surface area (Å²) in [6.07, 6.45) is 0. The average molecular weight is 789 g/mol. The monoisotopic (exact) mass is 788 g/mol. The lowest BCUT2D eigenvalue weighted by molar-refractivity contribution is 0.794. The Bertz CT molecular complexity index is 3520. The standard InChI is InChI=1S/C58H36N4/c1-3-18-37(19-4-1)55-59-56(61-57(60-55)47-28-17-33-53-54(47)46-27-12-16-32-52(46)62(53)39-20-5-2-6-21-39)45-26-8-7-22-40(45)38-34-35-44-43-25-11-15-31-50(43)58(51(44)36-38)48-29-13-9-23-41(48)42-24-10-14-30-49(42)58/h1-36H. The van der Waals surface area contributed by atoms with E-state index in [-0.39, 0.29) is 0 Å². The Kier molecular flexibility index (Phi) is 7.49. The van der Waals surface area contributed by atoms with Crippen LogP contribution in [0.3, 0.4) is 0 Å². The summed E-state index contributed by atoms with van der Waals surface area (Å²) in [5, 5.41) is 2.26. The predicted octanol–water partition coefficient (Wildman–Crippen LogP) is 14.0. The first-order valence-electron chi connectivity index (χ1n) is 21.2. The van der Waals surface area contributed by atoms with E-state index in [2.05, 4.69) is 205 Å². The third-order valence-corrected chi connectivity index (χ3v) is 13.1. The first kappa shape index (κ1) is 34.6. The van der Waals surface area contributed by atoms with E-state index in [0.717, 1.165) is 55.3 Å². The molecule has 0 saturated carbocycles. The summed E-state index contributed by atoms with van der Waals surface area (Å²) < 4.78 is 2.34. The second kappa shape index (κ2) is 13.4. The molecule has 0 fully saturated rings. The molecular formula is C58H36N4. The summed E-state index contributed by atoms with van der Waals surface area (Å²) in [7, 11) is 0. The van der Waals surface area contributed by atoms with Crippen LogP contribution >= 0.6 is 0 Å². The molecule has 2 aliphatic rings. The van der Waals surface area contributed by atoms with Crippen molar-refractivity contribution in [3.63, 3.8) is 0 Å². The number of para-hydroxylation sites is 2. The van der Waals surface area contributed by atoms with Crippen molar-refractivity contribution < 1.29 is 0 Å². The van der Waals surface area contributed by atoms with Gasteiger partial charge >= 0.3 is 0 Å². The third-order valence-electron chi connectivity index (χ3n) is 13.1. The van der Waals surface area contributed by atoms with Crippen molar-refractivity contribution in [1.29, 1.82) is 0 Å². The van der Waals surface area contributed by atoms with Crippen molar-refractivity contribution in [2.45, 2.75) is 5.41 Å². The second-order valence-corrected chi connectivity index (χ2v) is 16.3. The molecule has 11 aromatic rings. The average Bonchev–Trinajstić information content (AvgIpc) is 3.96. The van der Waals surface area contributed by atoms with E-state index in [9.17, 15) is 0 Å². The van der Waals surface area contributed by atoms with E-state index in [1.54, 1.807) is 0 Å². The maximum absolute atomic E-state index is 5.43. The molecule has 0 unspecified atom stereocenters. The molecule has 9 aromatic carbocycles. The van der Waals surface area contributed by atoms with E-state index in [1.807, 2.05) is 18.2 Å². The highest BCUT2D eigenvalue weighted by Gasteiger charge is 2.51. The van der Waals surface area contributed by atoms with Crippen molar-refractivity contribution in [3.05, 3.63) is 241 Å². The number of aromatic nitrogens is 4. The second-order valence-electron chi connectivity index (χ2n) is 16.3. The fourth-order valence-electron chi connectivity index (χ4n) is 10.6. The summed E-state index contributed by atoms with van der Waals surface area (Å²) in [5.41, 5.74) is 18.3. The van der Waals surface area contributed by atoms with Gasteiger partial charge in [-0.2, -0.15) is 0 Å². The number of fused-ring (bicyclic) bond motifs is 13. The molecule has 4 heteroatoms. The Hall–Kier alpha value is -8.21. The minimum absolute atomic E-state index is 0.442. The largest absolute Gasteiger partial charge is 0.309 e. The van der Waals surface area contributed by atoms with Crippen LogP contribution in [0, 0.1) is 0 Å². The van der Waals surface area contributed by atoms with Crippen LogP contribution in [0.2, 0.25) is 0 Å². The summed E-state index contributed by atoms with van der Waals surface area (Å²) in [6.45, 7) is 0. The van der Waals surface area contributed by atoms with Crippen LogP contribution in [0.15, 0.2) is 218 Å². The zero-order valence-corrected chi connectivity index (χ0v) is 33.6. The number of benzene rings is 9. The summed E-state index contributed by atoms with van der Waals surface area (Å²) in [4.78, 5) is 16.0. The number of rotatable bonds is 5. The molecule has 0 bridgehead atoms. The Morgan fingerprint density at radius 1 is 0.306 bits per heavy atom. The number of hydrogen-bond acceptors (Lipinski definition) is 3. The Morgan fingerprint density at radius 2 is 0.790 bits per heavy atom. The highest BCUT2D eigenvalue weighted by atomic mass is 15.0. The van der Waals surface area contributed by atoms with Gasteiger partial charge in [-0.25, -0.2) is 15.0 Å². The fourth-order valence-corrected chi connectivity index (χ4v) is 10.6. The Labute approximate surface area is 359 Å². The summed E-state index contributed by atoms with van der Waals surface area (Å²) >= 11 is 0. The summed E-state index contributed by atoms with van der Waals surface area (Å²) in [5.74, 6) is 1.89. The lowest BCUT2D eigenvalue weighted by Crippen LogP contribution is -2.25. The quantitative estimate of drug-likeness (QED) is 0.174. The van der Waals surface area contributed by atoms with Gasteiger partial charge in [0.05, 0.1) is 16.4 Å². The van der Waals surface area contributed by atoms with Crippen molar-refractivity contribution in [2.75, 3.05) is 0 Å². The molecule has 0 radical (unpaired) electrons. The normalized spacial score (nSPS) is 13.0. The van der Waals surface area contributed by atoms with Crippen molar-refractivity contribution >= 4 is 21.8 Å². The molecule has 2 aliphatic carbocycles. The van der Waals surface area contributed by atoms with Crippen molar-refractivity contribution in [1.82, 2.24) is 19.5 Å². The van der Waals surface area contributed by atoms with Crippen LogP contribution in [0.25, 0.3) is 95.0 Å². The molecule has 0 N–H and O–H groups in total. The van der Waals surface area contributed by atoms with Crippen LogP contribution in [-0.2, 0) is 5.41 Å². The molecule has 1 spiro atoms. The van der Waals surface area contributed by atoms with Gasteiger partial charge in [-0.05, 0) is 86.0 Å². The predicted molar refractivity (Wildman–Crippen MR) is 252 cm³/mol. The SMILES string of the molecule is c1ccc(-c2nc(-c3ccccc3-c3ccc4c(c3)C3(c5ccccc5-c5ccccc53)c3ccccc3-4)nc(-c3cccc4c3c3ccccc3n4-c3ccccc3)n2)cc1. The minimum atomic E-state index is -0.442. The third kappa shape index (κ3) is 4.86. The topological polar surface area (TPSA) is 43.6 Å². The van der Waals surface area contributed by atoms with Gasteiger partial charge in [0.25, 0.3) is 0 Å². The van der Waals surface area contributed by atoms with Gasteiger partial charge in [-0.3, -0.25) is 0 Å². The van der Waals surface area contributed by atoms with E-state index in [4.69, 9.17) is 15.0 Å². The van der Waals surface area contributed by atoms with E-state index in [1.165, 1.54) is 44.5 Å². The first-order valence-corrected chi connectivity index (χ1v) is 21.2. The van der Waals surface area contributed by atoms with Gasteiger partial charge in [-0.1, -0.05) is 188 Å². The molecule has 288 valence electrons. The molecule has 2 aromatic heterocycles. The van der Waals surface area contributed by atoms with Gasteiger partial charge in [0.1, 0.15) is 0 Å². The molecule has 0 aliphatic heterocycles. The molecule has 0 atom stereocenters. The Morgan fingerprint density at radius 3 is 1.47 bits per heavy atom. The van der Waals surface area contributed by atoms with E-state index >= 15 is 0 Å². The maximum atomic E-state index is 5.43. The Balaban J connectivity index is 1.04. The maximum Gasteiger partial charge on any atom is 0.164 e. The zero-order chi connectivity index (χ0) is 40.8. The molecule has 0 amide bonds. The number of nitrogens with zero attached hydrogens (tertiary/aromatic N) is 4. The van der Waals surface area contributed by atoms with Crippen LogP contribution < -0.4 is 0 Å². The molecule has 4 nitrogen and oxygen atoms in total. The molecule has 62 heavy (non-hydrogen) atoms. The lowest BCUT2D eigenvalue weighted by atomic mass is 9.70. The minimum Gasteiger partial charge on any atom is -0.309 e. The van der Waals surface area contributed by atoms with Gasteiger partial charge < -0.3 is 4.57 Å². The number of hydrogen-bond donors (Lipinski definition) is 0. The highest BCUT2D eigenvalue weighted by Crippen LogP contribution is 2.63. The van der Waals surface area contributed by atoms with Gasteiger partial charge in [-0.15, -0.1) is 0 Å². The van der Waals surface area contributed by atoms with E-state index in [0.29, 0.717) is 17.5 Å². The molecular weight excluding hydrogens is 753 g/mol. The van der Waals surface area contributed by atoms with Crippen LogP contribution in [0.5, 0.6) is 0 Å². The fraction of sp³-hybridized carbons (Fsp3) is 0.0172. The van der Waals surface area contributed by atoms with Crippen molar-refractivity contribution in [2.24, 2.45) is 0 Å². The van der Waals surface area contributed by atoms with E-state index < -0.39 is 5.41 Å². The van der Waals surface area contributed by atoms with Gasteiger partial charge in [0.15, 0.2) is 17.5 Å². The highest BCUT2D eigenvalue weighted by molar-refractivity contribution is 6.15. The first-order chi connectivity index (χ1) is 30.8. The zero-order valence-electron chi connectivity index (χ0n) is 33.6. The van der Waals surface area contributed by atoms with Gasteiger partial charge in [0, 0.05) is 33.2 Å². The molecule has 13 rings (SSSR count). The van der Waals surface area contributed by atoms with Crippen LogP contribution in [-0.4, -0.2) is 19.5 Å². The molecule has 0 saturated heterocycles. The van der Waals surface area contributed by atoms with Crippen LogP contribution in [0.4, 0.5) is 0 Å². The van der Waals surface area contributed by atoms with Gasteiger partial charge in [0.2, 0.25) is 0 Å².